The van der Waals surface area contributed by atoms with Gasteiger partial charge in [-0.25, -0.2) is 4.79 Å². The van der Waals surface area contributed by atoms with Gasteiger partial charge < -0.3 is 9.84 Å². The Hall–Kier alpha value is -1.94. The van der Waals surface area contributed by atoms with Crippen molar-refractivity contribution in [2.45, 2.75) is 24.5 Å². The second kappa shape index (κ2) is 4.03. The molecular weight excluding hydrogens is 244 g/mol. The molecule has 1 fully saturated rings. The lowest BCUT2D eigenvalue weighted by Gasteiger charge is -2.47. The van der Waals surface area contributed by atoms with Gasteiger partial charge in [0, 0.05) is 5.92 Å². The number of esters is 1. The van der Waals surface area contributed by atoms with E-state index in [0.29, 0.717) is 0 Å². The lowest BCUT2D eigenvalue weighted by atomic mass is 9.65. The number of ketones is 1. The van der Waals surface area contributed by atoms with E-state index in [0.717, 1.165) is 5.56 Å². The summed E-state index contributed by atoms with van der Waals surface area (Å²) in [6.45, 7) is 1.40. The van der Waals surface area contributed by atoms with Gasteiger partial charge in [-0.15, -0.1) is 0 Å². The zero-order chi connectivity index (χ0) is 13.6. The number of aliphatic hydroxyl groups is 1. The molecule has 2 bridgehead atoms. The summed E-state index contributed by atoms with van der Waals surface area (Å²) in [7, 11) is 0. The Morgan fingerprint density at radius 2 is 2.00 bits per heavy atom. The van der Waals surface area contributed by atoms with Crippen molar-refractivity contribution in [3.8, 4) is 0 Å². The quantitative estimate of drug-likeness (QED) is 0.639. The average molecular weight is 258 g/mol. The van der Waals surface area contributed by atoms with E-state index in [9.17, 15) is 14.7 Å². The first-order chi connectivity index (χ1) is 9.04. The Balaban J connectivity index is 2.13. The molecule has 3 aliphatic rings. The van der Waals surface area contributed by atoms with Crippen LogP contribution in [0, 0.1) is 5.92 Å². The van der Waals surface area contributed by atoms with Crippen molar-refractivity contribution in [2.24, 2.45) is 5.92 Å². The van der Waals surface area contributed by atoms with Crippen LogP contribution in [0.25, 0.3) is 0 Å². The highest BCUT2D eigenvalue weighted by atomic mass is 16.6. The van der Waals surface area contributed by atoms with Crippen molar-refractivity contribution in [1.82, 2.24) is 0 Å². The zero-order valence-corrected chi connectivity index (χ0v) is 10.4. The van der Waals surface area contributed by atoms with E-state index in [1.807, 2.05) is 30.3 Å². The number of Topliss-reactive ketones (excluding diaryl/α,β-unsaturated/α-hetero) is 1. The first kappa shape index (κ1) is 12.1. The van der Waals surface area contributed by atoms with E-state index in [4.69, 9.17) is 4.74 Å². The molecule has 0 spiro atoms. The van der Waals surface area contributed by atoms with Gasteiger partial charge >= 0.3 is 5.97 Å². The van der Waals surface area contributed by atoms with Gasteiger partial charge in [-0.1, -0.05) is 30.3 Å². The Kier molecular flexibility index (Phi) is 2.57. The number of rotatable bonds is 2. The summed E-state index contributed by atoms with van der Waals surface area (Å²) in [5, 5.41) is 10.5. The molecule has 2 heterocycles. The molecule has 98 valence electrons. The van der Waals surface area contributed by atoms with Gasteiger partial charge in [0.25, 0.3) is 0 Å². The van der Waals surface area contributed by atoms with Gasteiger partial charge in [-0.2, -0.15) is 0 Å². The van der Waals surface area contributed by atoms with Gasteiger partial charge in [0.2, 0.25) is 0 Å². The second-order valence-corrected chi connectivity index (χ2v) is 5.08. The van der Waals surface area contributed by atoms with Crippen LogP contribution in [-0.2, 0) is 14.3 Å². The summed E-state index contributed by atoms with van der Waals surface area (Å²) in [5.41, 5.74) is -0.941. The van der Waals surface area contributed by atoms with Gasteiger partial charge in [0.05, 0.1) is 5.92 Å². The van der Waals surface area contributed by atoms with Gasteiger partial charge in [0.15, 0.2) is 5.60 Å². The van der Waals surface area contributed by atoms with E-state index >= 15 is 0 Å². The molecule has 4 heteroatoms. The summed E-state index contributed by atoms with van der Waals surface area (Å²) >= 11 is 0. The third-order valence-electron chi connectivity index (χ3n) is 3.92. The molecular formula is C15H14O4. The molecule has 1 saturated heterocycles. The van der Waals surface area contributed by atoms with E-state index in [-0.39, 0.29) is 11.7 Å². The van der Waals surface area contributed by atoms with Gasteiger partial charge in [0.1, 0.15) is 11.9 Å². The molecule has 0 unspecified atom stereocenters. The Morgan fingerprint density at radius 1 is 1.32 bits per heavy atom. The SMILES string of the molecule is CC(=O)[C@@H]1[C@@H](c2ccccc2)[C@H]2C=C[C@]1(O)C(=O)O2. The fraction of sp³-hybridized carbons (Fsp3) is 0.333. The highest BCUT2D eigenvalue weighted by molar-refractivity contribution is 5.94. The molecule has 0 radical (unpaired) electrons. The standard InChI is InChI=1S/C15H14O4/c1-9(16)13-12(10-5-3-2-4-6-10)11-7-8-15(13,18)14(17)19-11/h2-8,11-13,18H,1H3/t11-,12+,13-,15-/m1/s1. The predicted octanol–water partition coefficient (Wildman–Crippen LogP) is 1.20. The molecule has 0 amide bonds. The molecule has 4 rings (SSSR count). The minimum absolute atomic E-state index is 0.206. The van der Waals surface area contributed by atoms with Crippen LogP contribution in [-0.4, -0.2) is 28.6 Å². The second-order valence-electron chi connectivity index (χ2n) is 5.08. The maximum Gasteiger partial charge on any atom is 0.343 e. The van der Waals surface area contributed by atoms with E-state index in [1.54, 1.807) is 6.08 Å². The summed E-state index contributed by atoms with van der Waals surface area (Å²) in [6, 6.07) is 9.37. The Morgan fingerprint density at radius 3 is 2.58 bits per heavy atom. The molecule has 1 N–H and O–H groups in total. The smallest absolute Gasteiger partial charge is 0.343 e. The van der Waals surface area contributed by atoms with Crippen LogP contribution in [0.5, 0.6) is 0 Å². The van der Waals surface area contributed by atoms with Gasteiger partial charge in [-0.05, 0) is 24.6 Å². The van der Waals surface area contributed by atoms with Crippen LogP contribution in [0.1, 0.15) is 18.4 Å². The molecule has 1 aromatic rings. The van der Waals surface area contributed by atoms with Crippen molar-refractivity contribution >= 4 is 11.8 Å². The Bertz CT molecular complexity index is 563. The average Bonchev–Trinajstić information content (AvgIpc) is 2.40. The minimum Gasteiger partial charge on any atom is -0.455 e. The van der Waals surface area contributed by atoms with Crippen LogP contribution in [0.4, 0.5) is 0 Å². The molecule has 1 aliphatic carbocycles. The molecule has 1 aromatic carbocycles. The largest absolute Gasteiger partial charge is 0.455 e. The van der Waals surface area contributed by atoms with Crippen molar-refractivity contribution in [3.05, 3.63) is 48.0 Å². The molecule has 19 heavy (non-hydrogen) atoms. The summed E-state index contributed by atoms with van der Waals surface area (Å²) < 4.78 is 5.21. The third kappa shape index (κ3) is 1.64. The number of carbonyl (C=O) groups is 2. The lowest BCUT2D eigenvalue weighted by molar-refractivity contribution is -0.189. The molecule has 4 nitrogen and oxygen atoms in total. The summed E-state index contributed by atoms with van der Waals surface area (Å²) in [6.07, 6.45) is 2.57. The number of hydrogen-bond donors (Lipinski definition) is 1. The van der Waals surface area contributed by atoms with Crippen LogP contribution in [0.15, 0.2) is 42.5 Å². The van der Waals surface area contributed by atoms with Crippen molar-refractivity contribution in [3.63, 3.8) is 0 Å². The van der Waals surface area contributed by atoms with Crippen molar-refractivity contribution in [2.75, 3.05) is 0 Å². The van der Waals surface area contributed by atoms with Crippen LogP contribution < -0.4 is 0 Å². The highest BCUT2D eigenvalue weighted by Gasteiger charge is 2.59. The monoisotopic (exact) mass is 258 g/mol. The first-order valence-corrected chi connectivity index (χ1v) is 6.22. The first-order valence-electron chi connectivity index (χ1n) is 6.22. The number of ether oxygens (including phenoxy) is 1. The normalized spacial score (nSPS) is 36.1. The number of hydrogen-bond acceptors (Lipinski definition) is 4. The molecule has 2 aliphatic heterocycles. The third-order valence-corrected chi connectivity index (χ3v) is 3.92. The number of benzene rings is 1. The van der Waals surface area contributed by atoms with Crippen LogP contribution in [0.3, 0.4) is 0 Å². The van der Waals surface area contributed by atoms with Crippen LogP contribution in [0.2, 0.25) is 0 Å². The van der Waals surface area contributed by atoms with E-state index in [1.165, 1.54) is 13.0 Å². The fourth-order valence-corrected chi connectivity index (χ4v) is 3.07. The lowest BCUT2D eigenvalue weighted by Crippen LogP contribution is -2.60. The summed E-state index contributed by atoms with van der Waals surface area (Å²) in [4.78, 5) is 23.7. The highest BCUT2D eigenvalue weighted by Crippen LogP contribution is 2.46. The fourth-order valence-electron chi connectivity index (χ4n) is 3.07. The zero-order valence-electron chi connectivity index (χ0n) is 10.4. The van der Waals surface area contributed by atoms with Crippen molar-refractivity contribution < 1.29 is 19.4 Å². The summed E-state index contributed by atoms with van der Waals surface area (Å²) in [5.74, 6) is -2.05. The maximum atomic E-state index is 11.9. The number of carbonyl (C=O) groups excluding carboxylic acids is 2. The molecule has 0 aromatic heterocycles. The molecule has 4 atom stereocenters. The van der Waals surface area contributed by atoms with Crippen LogP contribution >= 0.6 is 0 Å². The number of fused-ring (bicyclic) bond motifs is 2. The minimum atomic E-state index is -1.83. The van der Waals surface area contributed by atoms with Gasteiger partial charge in [-0.3, -0.25) is 4.79 Å². The van der Waals surface area contributed by atoms with Crippen molar-refractivity contribution in [1.29, 1.82) is 0 Å². The topological polar surface area (TPSA) is 63.6 Å². The predicted molar refractivity (Wildman–Crippen MR) is 67.3 cm³/mol. The Labute approximate surface area is 110 Å². The van der Waals surface area contributed by atoms with E-state index < -0.39 is 23.6 Å². The maximum absolute atomic E-state index is 11.9. The molecule has 0 saturated carbocycles. The van der Waals surface area contributed by atoms with E-state index in [2.05, 4.69) is 0 Å².